The molecule has 0 aliphatic rings. The first kappa shape index (κ1) is 18.8. The molecular weight excluding hydrogens is 338 g/mol. The summed E-state index contributed by atoms with van der Waals surface area (Å²) in [5, 5.41) is 1.44. The van der Waals surface area contributed by atoms with Crippen molar-refractivity contribution in [1.82, 2.24) is 14.1 Å². The number of hydrogen-bond acceptors (Lipinski definition) is 3. The minimum absolute atomic E-state index is 0.132. The van der Waals surface area contributed by atoms with E-state index in [1.54, 1.807) is 10.6 Å². The molecule has 27 heavy (non-hydrogen) atoms. The first-order chi connectivity index (χ1) is 12.9. The van der Waals surface area contributed by atoms with Crippen LogP contribution in [0.4, 0.5) is 0 Å². The maximum absolute atomic E-state index is 13.5. The normalized spacial score (nSPS) is 13.1. The van der Waals surface area contributed by atoms with E-state index in [0.717, 1.165) is 11.0 Å². The summed E-state index contributed by atoms with van der Waals surface area (Å²) in [6.07, 6.45) is 4.27. The molecule has 0 spiro atoms. The second-order valence-corrected chi connectivity index (χ2v) is 7.07. The highest BCUT2D eigenvalue weighted by molar-refractivity contribution is 5.75. The molecule has 0 saturated carbocycles. The first-order valence-electron chi connectivity index (χ1n) is 9.23. The van der Waals surface area contributed by atoms with E-state index in [1.165, 1.54) is 0 Å². The van der Waals surface area contributed by atoms with Gasteiger partial charge in [0.2, 0.25) is 5.43 Å². The second-order valence-electron chi connectivity index (χ2n) is 7.07. The van der Waals surface area contributed by atoms with Gasteiger partial charge in [-0.25, -0.2) is 4.98 Å². The van der Waals surface area contributed by atoms with E-state index in [9.17, 15) is 9.59 Å². The van der Waals surface area contributed by atoms with Crippen molar-refractivity contribution in [2.75, 3.05) is 0 Å². The quantitative estimate of drug-likeness (QED) is 0.714. The molecule has 3 aromatic rings. The molecule has 0 saturated heterocycles. The maximum atomic E-state index is 13.5. The summed E-state index contributed by atoms with van der Waals surface area (Å²) in [5.74, 6) is 0.987. The van der Waals surface area contributed by atoms with Crippen LogP contribution in [0.25, 0.3) is 28.9 Å². The van der Waals surface area contributed by atoms with Gasteiger partial charge in [-0.15, -0.1) is 0 Å². The molecule has 140 valence electrons. The number of rotatable bonds is 3. The van der Waals surface area contributed by atoms with E-state index in [2.05, 4.69) is 13.8 Å². The van der Waals surface area contributed by atoms with Crippen molar-refractivity contribution in [3.05, 3.63) is 67.3 Å². The fourth-order valence-electron chi connectivity index (χ4n) is 3.51. The molecule has 2 heterocycles. The highest BCUT2D eigenvalue weighted by Gasteiger charge is 2.18. The third kappa shape index (κ3) is 3.14. The Balaban J connectivity index is 2.61. The largest absolute Gasteiger partial charge is 0.328 e. The molecule has 0 unspecified atom stereocenters. The summed E-state index contributed by atoms with van der Waals surface area (Å²) in [5.41, 5.74) is 0.583. The number of aryl methyl sites for hydroxylation is 1. The highest BCUT2D eigenvalue weighted by Crippen LogP contribution is 2.13. The lowest BCUT2D eigenvalue weighted by Gasteiger charge is -2.16. The molecule has 2 aromatic heterocycles. The Morgan fingerprint density at radius 1 is 1.07 bits per heavy atom. The lowest BCUT2D eigenvalue weighted by Crippen LogP contribution is -2.47. The minimum Gasteiger partial charge on any atom is -0.328 e. The Morgan fingerprint density at radius 3 is 2.30 bits per heavy atom. The van der Waals surface area contributed by atoms with Crippen molar-refractivity contribution in [2.45, 2.75) is 34.1 Å². The van der Waals surface area contributed by atoms with Gasteiger partial charge in [-0.3, -0.25) is 14.2 Å². The van der Waals surface area contributed by atoms with Crippen LogP contribution in [0.2, 0.25) is 0 Å². The number of aromatic nitrogens is 3. The Kier molecular flexibility index (Phi) is 5.13. The van der Waals surface area contributed by atoms with Gasteiger partial charge in [0, 0.05) is 24.0 Å². The van der Waals surface area contributed by atoms with Gasteiger partial charge in [-0.05, 0) is 31.9 Å². The van der Waals surface area contributed by atoms with E-state index in [1.807, 2.05) is 61.9 Å². The first-order valence-corrected chi connectivity index (χ1v) is 9.23. The lowest BCUT2D eigenvalue weighted by molar-refractivity contribution is 0.603. The second kappa shape index (κ2) is 7.35. The van der Waals surface area contributed by atoms with Crippen LogP contribution in [0.1, 0.15) is 33.5 Å². The zero-order valence-electron chi connectivity index (χ0n) is 16.5. The Hall–Kier alpha value is -2.95. The van der Waals surface area contributed by atoms with Gasteiger partial charge < -0.3 is 4.57 Å². The average Bonchev–Trinajstić information content (AvgIpc) is 2.64. The molecule has 0 atom stereocenters. The highest BCUT2D eigenvalue weighted by atomic mass is 16.1. The maximum Gasteiger partial charge on any atom is 0.271 e. The summed E-state index contributed by atoms with van der Waals surface area (Å²) in [6, 6.07) is 9.39. The number of para-hydroxylation sites is 1. The van der Waals surface area contributed by atoms with Crippen molar-refractivity contribution in [1.29, 1.82) is 0 Å². The minimum atomic E-state index is -0.312. The summed E-state index contributed by atoms with van der Waals surface area (Å²) >= 11 is 0. The van der Waals surface area contributed by atoms with Crippen LogP contribution < -0.4 is 21.6 Å². The molecule has 5 heteroatoms. The Bertz CT molecular complexity index is 1230. The van der Waals surface area contributed by atoms with Crippen LogP contribution in [-0.2, 0) is 13.5 Å². The molecule has 0 fully saturated rings. The number of fused-ring (bicyclic) bond motifs is 1. The zero-order valence-corrected chi connectivity index (χ0v) is 16.5. The van der Waals surface area contributed by atoms with Crippen LogP contribution >= 0.6 is 0 Å². The molecule has 0 aliphatic carbocycles. The van der Waals surface area contributed by atoms with Crippen LogP contribution in [0.3, 0.4) is 0 Å². The van der Waals surface area contributed by atoms with Gasteiger partial charge in [-0.2, -0.15) is 0 Å². The molecule has 1 aromatic carbocycles. The van der Waals surface area contributed by atoms with Gasteiger partial charge in [0.25, 0.3) is 5.56 Å². The third-order valence-corrected chi connectivity index (χ3v) is 4.73. The molecule has 0 N–H and O–H groups in total. The van der Waals surface area contributed by atoms with Crippen molar-refractivity contribution in [2.24, 2.45) is 13.0 Å². The molecule has 0 radical (unpaired) electrons. The lowest BCUT2D eigenvalue weighted by atomic mass is 10.1. The van der Waals surface area contributed by atoms with E-state index >= 15 is 0 Å². The molecule has 3 rings (SSSR count). The summed E-state index contributed by atoms with van der Waals surface area (Å²) in [4.78, 5) is 31.4. The smallest absolute Gasteiger partial charge is 0.271 e. The van der Waals surface area contributed by atoms with Crippen molar-refractivity contribution in [3.8, 4) is 5.69 Å². The summed E-state index contributed by atoms with van der Waals surface area (Å²) in [7, 11) is 1.85. The van der Waals surface area contributed by atoms with Gasteiger partial charge >= 0.3 is 0 Å². The van der Waals surface area contributed by atoms with E-state index in [-0.39, 0.29) is 16.4 Å². The predicted octanol–water partition coefficient (Wildman–Crippen LogP) is 1.88. The average molecular weight is 363 g/mol. The van der Waals surface area contributed by atoms with Crippen molar-refractivity contribution < 1.29 is 0 Å². The molecular formula is C22H25N3O2. The number of benzene rings is 1. The SMILES string of the molecule is C/C=c1/c(=O)c2c(=O)n(-c3ccccc3)c(CC(C)C)nc2n(C)/c1=C/C. The van der Waals surface area contributed by atoms with Gasteiger partial charge in [0.1, 0.15) is 11.2 Å². The fourth-order valence-corrected chi connectivity index (χ4v) is 3.51. The van der Waals surface area contributed by atoms with Crippen molar-refractivity contribution in [3.63, 3.8) is 0 Å². The van der Waals surface area contributed by atoms with E-state index < -0.39 is 0 Å². The zero-order chi connectivity index (χ0) is 19.7. The molecule has 0 bridgehead atoms. The van der Waals surface area contributed by atoms with Gasteiger partial charge in [0.05, 0.1) is 5.69 Å². The van der Waals surface area contributed by atoms with E-state index in [0.29, 0.717) is 29.0 Å². The molecule has 0 aliphatic heterocycles. The third-order valence-electron chi connectivity index (χ3n) is 4.73. The standard InChI is InChI=1S/C22H25N3O2/c1-6-16-17(7-2)24(5)21-19(20(16)26)22(27)25(15-11-9-8-10-12-15)18(23-21)13-14(3)4/h6-12,14H,13H2,1-5H3/b16-6+,17-7+. The summed E-state index contributed by atoms with van der Waals surface area (Å²) < 4.78 is 3.42. The van der Waals surface area contributed by atoms with Crippen molar-refractivity contribution >= 4 is 23.2 Å². The van der Waals surface area contributed by atoms with Crippen LogP contribution in [0, 0.1) is 5.92 Å². The topological polar surface area (TPSA) is 56.9 Å². The van der Waals surface area contributed by atoms with Crippen LogP contribution in [0.5, 0.6) is 0 Å². The van der Waals surface area contributed by atoms with Crippen LogP contribution in [0.15, 0.2) is 39.9 Å². The predicted molar refractivity (Wildman–Crippen MR) is 111 cm³/mol. The van der Waals surface area contributed by atoms with E-state index in [4.69, 9.17) is 4.98 Å². The fraction of sp³-hybridized carbons (Fsp3) is 0.318. The number of pyridine rings is 1. The van der Waals surface area contributed by atoms with Gasteiger partial charge in [-0.1, -0.05) is 44.2 Å². The molecule has 0 amide bonds. The monoisotopic (exact) mass is 363 g/mol. The Labute approximate surface area is 157 Å². The Morgan fingerprint density at radius 2 is 1.74 bits per heavy atom. The summed E-state index contributed by atoms with van der Waals surface area (Å²) in [6.45, 7) is 7.87. The van der Waals surface area contributed by atoms with Crippen LogP contribution in [-0.4, -0.2) is 14.1 Å². The number of nitrogens with zero attached hydrogens (tertiary/aromatic N) is 3. The van der Waals surface area contributed by atoms with Gasteiger partial charge in [0.15, 0.2) is 5.65 Å². The molecule has 5 nitrogen and oxygen atoms in total. The number of hydrogen-bond donors (Lipinski definition) is 0.